The monoisotopic (exact) mass is 232 g/mol. The van der Waals surface area contributed by atoms with Gasteiger partial charge in [0.25, 0.3) is 0 Å². The Bertz CT molecular complexity index is 435. The molecule has 0 bridgehead atoms. The Morgan fingerprint density at radius 3 is 2.82 bits per heavy atom. The van der Waals surface area contributed by atoms with Crippen LogP contribution in [0.2, 0.25) is 0 Å². The number of nitrogens with zero attached hydrogens (tertiary/aromatic N) is 3. The van der Waals surface area contributed by atoms with Crippen molar-refractivity contribution in [2.24, 2.45) is 5.84 Å². The second kappa shape index (κ2) is 5.51. The molecule has 0 aliphatic heterocycles. The van der Waals surface area contributed by atoms with Crippen LogP contribution in [0.3, 0.4) is 0 Å². The van der Waals surface area contributed by atoms with Crippen molar-refractivity contribution >= 4 is 0 Å². The predicted molar refractivity (Wildman–Crippen MR) is 63.8 cm³/mol. The van der Waals surface area contributed by atoms with Gasteiger partial charge in [-0.3, -0.25) is 15.9 Å². The number of aromatic amines is 1. The first-order chi connectivity index (χ1) is 8.33. The minimum atomic E-state index is -0.0996. The van der Waals surface area contributed by atoms with Crippen molar-refractivity contribution in [3.05, 3.63) is 41.7 Å². The number of aryl methyl sites for hydroxylation is 1. The largest absolute Gasteiger partial charge is 0.271 e. The molecule has 0 radical (unpaired) electrons. The van der Waals surface area contributed by atoms with Gasteiger partial charge in [0.15, 0.2) is 0 Å². The zero-order valence-electron chi connectivity index (χ0n) is 9.72. The number of hydrogen-bond donors (Lipinski definition) is 3. The summed E-state index contributed by atoms with van der Waals surface area (Å²) in [5, 5.41) is 6.61. The van der Waals surface area contributed by atoms with Crippen molar-refractivity contribution in [3.63, 3.8) is 0 Å². The third-order valence-corrected chi connectivity index (χ3v) is 2.67. The fraction of sp³-hybridized carbons (Fsp3) is 0.364. The van der Waals surface area contributed by atoms with E-state index in [4.69, 9.17) is 5.84 Å². The highest BCUT2D eigenvalue weighted by molar-refractivity contribution is 5.15. The van der Waals surface area contributed by atoms with Crippen molar-refractivity contribution in [3.8, 4) is 0 Å². The molecule has 0 fully saturated rings. The van der Waals surface area contributed by atoms with E-state index < -0.39 is 0 Å². The molecule has 2 aromatic rings. The summed E-state index contributed by atoms with van der Waals surface area (Å²) in [6.07, 6.45) is 5.03. The molecule has 2 aromatic heterocycles. The van der Waals surface area contributed by atoms with Gasteiger partial charge < -0.3 is 0 Å². The molecule has 0 aliphatic carbocycles. The average molecular weight is 232 g/mol. The number of hydrazine groups is 1. The lowest BCUT2D eigenvalue weighted by molar-refractivity contribution is 0.519. The number of nitrogens with one attached hydrogen (secondary N) is 2. The highest BCUT2D eigenvalue weighted by Crippen LogP contribution is 2.12. The van der Waals surface area contributed by atoms with Crippen molar-refractivity contribution in [2.75, 3.05) is 0 Å². The van der Waals surface area contributed by atoms with Crippen LogP contribution in [0.15, 0.2) is 24.7 Å². The van der Waals surface area contributed by atoms with Crippen molar-refractivity contribution < 1.29 is 0 Å². The highest BCUT2D eigenvalue weighted by atomic mass is 15.3. The molecule has 90 valence electrons. The van der Waals surface area contributed by atoms with Gasteiger partial charge in [-0.2, -0.15) is 5.10 Å². The molecule has 1 atom stereocenters. The van der Waals surface area contributed by atoms with Gasteiger partial charge in [0.2, 0.25) is 0 Å². The van der Waals surface area contributed by atoms with Crippen molar-refractivity contribution in [1.29, 1.82) is 0 Å². The SMILES string of the molecule is CCc1ccc(CC(NN)c2ncn[nH]2)nc1. The van der Waals surface area contributed by atoms with E-state index >= 15 is 0 Å². The molecule has 4 N–H and O–H groups in total. The molecule has 0 amide bonds. The van der Waals surface area contributed by atoms with Gasteiger partial charge in [0.05, 0.1) is 6.04 Å². The summed E-state index contributed by atoms with van der Waals surface area (Å²) in [6, 6.07) is 3.99. The van der Waals surface area contributed by atoms with Gasteiger partial charge in [-0.25, -0.2) is 10.4 Å². The van der Waals surface area contributed by atoms with Gasteiger partial charge in [0, 0.05) is 18.3 Å². The number of hydrogen-bond acceptors (Lipinski definition) is 5. The fourth-order valence-electron chi connectivity index (χ4n) is 1.61. The number of H-pyrrole nitrogens is 1. The second-order valence-corrected chi connectivity index (χ2v) is 3.81. The number of pyridine rings is 1. The Morgan fingerprint density at radius 2 is 2.29 bits per heavy atom. The Labute approximate surface area is 99.6 Å². The molecule has 0 aliphatic rings. The van der Waals surface area contributed by atoms with Gasteiger partial charge in [0.1, 0.15) is 12.2 Å². The molecule has 0 saturated carbocycles. The molecule has 0 saturated heterocycles. The molecular weight excluding hydrogens is 216 g/mol. The molecular formula is C11H16N6. The zero-order valence-corrected chi connectivity index (χ0v) is 9.72. The highest BCUT2D eigenvalue weighted by Gasteiger charge is 2.13. The maximum atomic E-state index is 5.50. The van der Waals surface area contributed by atoms with Crippen LogP contribution in [0.4, 0.5) is 0 Å². The maximum absolute atomic E-state index is 5.50. The third-order valence-electron chi connectivity index (χ3n) is 2.67. The molecule has 2 heterocycles. The Hall–Kier alpha value is -1.79. The van der Waals surface area contributed by atoms with Crippen molar-refractivity contribution in [1.82, 2.24) is 25.6 Å². The first kappa shape index (κ1) is 11.7. The standard InChI is InChI=1S/C11H16N6/c1-2-8-3-4-9(13-6-8)5-10(16-12)11-14-7-15-17-11/h3-4,6-7,10,16H,2,5,12H2,1H3,(H,14,15,17). The minimum Gasteiger partial charge on any atom is -0.271 e. The quantitative estimate of drug-likeness (QED) is 0.516. The normalized spacial score (nSPS) is 12.6. The summed E-state index contributed by atoms with van der Waals surface area (Å²) in [5.41, 5.74) is 4.91. The Balaban J connectivity index is 2.07. The molecule has 0 spiro atoms. The Kier molecular flexibility index (Phi) is 3.79. The summed E-state index contributed by atoms with van der Waals surface area (Å²) in [7, 11) is 0. The molecule has 6 heteroatoms. The summed E-state index contributed by atoms with van der Waals surface area (Å²) in [4.78, 5) is 8.47. The molecule has 2 rings (SSSR count). The smallest absolute Gasteiger partial charge is 0.143 e. The number of rotatable bonds is 5. The van der Waals surface area contributed by atoms with E-state index in [1.54, 1.807) is 0 Å². The van der Waals surface area contributed by atoms with Crippen LogP contribution in [0, 0.1) is 0 Å². The van der Waals surface area contributed by atoms with E-state index in [-0.39, 0.29) is 6.04 Å². The first-order valence-electron chi connectivity index (χ1n) is 5.58. The van der Waals surface area contributed by atoms with E-state index in [1.165, 1.54) is 11.9 Å². The van der Waals surface area contributed by atoms with Gasteiger partial charge in [-0.05, 0) is 18.1 Å². The molecule has 6 nitrogen and oxygen atoms in total. The van der Waals surface area contributed by atoms with E-state index in [0.717, 1.165) is 12.1 Å². The van der Waals surface area contributed by atoms with Crippen LogP contribution in [-0.2, 0) is 12.8 Å². The van der Waals surface area contributed by atoms with Crippen LogP contribution >= 0.6 is 0 Å². The van der Waals surface area contributed by atoms with Gasteiger partial charge in [-0.1, -0.05) is 13.0 Å². The van der Waals surface area contributed by atoms with Crippen molar-refractivity contribution in [2.45, 2.75) is 25.8 Å². The lowest BCUT2D eigenvalue weighted by Gasteiger charge is -2.12. The van der Waals surface area contributed by atoms with Crippen LogP contribution in [0.25, 0.3) is 0 Å². The minimum absolute atomic E-state index is 0.0996. The molecule has 0 aromatic carbocycles. The van der Waals surface area contributed by atoms with Gasteiger partial charge >= 0.3 is 0 Å². The Morgan fingerprint density at radius 1 is 1.41 bits per heavy atom. The number of nitrogens with two attached hydrogens (primary N) is 1. The third kappa shape index (κ3) is 2.86. The average Bonchev–Trinajstić information content (AvgIpc) is 2.90. The lowest BCUT2D eigenvalue weighted by atomic mass is 10.1. The summed E-state index contributed by atoms with van der Waals surface area (Å²) >= 11 is 0. The van der Waals surface area contributed by atoms with E-state index in [0.29, 0.717) is 12.2 Å². The number of aromatic nitrogens is 4. The van der Waals surface area contributed by atoms with Crippen LogP contribution in [0.1, 0.15) is 30.0 Å². The van der Waals surface area contributed by atoms with Crippen LogP contribution < -0.4 is 11.3 Å². The maximum Gasteiger partial charge on any atom is 0.143 e. The first-order valence-corrected chi connectivity index (χ1v) is 5.58. The van der Waals surface area contributed by atoms with E-state index in [1.807, 2.05) is 12.3 Å². The van der Waals surface area contributed by atoms with Crippen LogP contribution in [-0.4, -0.2) is 20.2 Å². The predicted octanol–water partition coefficient (Wildman–Crippen LogP) is 0.509. The lowest BCUT2D eigenvalue weighted by Crippen LogP contribution is -2.30. The second-order valence-electron chi connectivity index (χ2n) is 3.81. The van der Waals surface area contributed by atoms with E-state index in [2.05, 4.69) is 38.6 Å². The summed E-state index contributed by atoms with van der Waals surface area (Å²) < 4.78 is 0. The van der Waals surface area contributed by atoms with E-state index in [9.17, 15) is 0 Å². The molecule has 1 unspecified atom stereocenters. The fourth-order valence-corrected chi connectivity index (χ4v) is 1.61. The molecule has 17 heavy (non-hydrogen) atoms. The van der Waals surface area contributed by atoms with Crippen LogP contribution in [0.5, 0.6) is 0 Å². The zero-order chi connectivity index (χ0) is 12.1. The topological polar surface area (TPSA) is 92.5 Å². The van der Waals surface area contributed by atoms with Gasteiger partial charge in [-0.15, -0.1) is 0 Å². The summed E-state index contributed by atoms with van der Waals surface area (Å²) in [6.45, 7) is 2.11. The summed E-state index contributed by atoms with van der Waals surface area (Å²) in [5.74, 6) is 6.22.